The molecule has 8 aromatic carbocycles. The summed E-state index contributed by atoms with van der Waals surface area (Å²) in [5.74, 6) is 0. The van der Waals surface area contributed by atoms with Crippen molar-refractivity contribution in [2.75, 3.05) is 105 Å². The highest BCUT2D eigenvalue weighted by molar-refractivity contribution is 5.67. The predicted octanol–water partition coefficient (Wildman–Crippen LogP) is 7.82. The molecule has 0 amide bonds. The van der Waals surface area contributed by atoms with Crippen LogP contribution < -0.4 is 0 Å². The molecule has 24 heteroatoms. The van der Waals surface area contributed by atoms with Gasteiger partial charge in [-0.3, -0.25) is 19.6 Å². The van der Waals surface area contributed by atoms with E-state index in [4.69, 9.17) is 18.9 Å². The minimum Gasteiger partial charge on any atom is -0.395 e. The number of rotatable bonds is 40. The lowest BCUT2D eigenvalue weighted by atomic mass is 9.94. The molecule has 4 heterocycles. The van der Waals surface area contributed by atoms with Gasteiger partial charge in [0.25, 0.3) is 0 Å². The predicted molar refractivity (Wildman–Crippen MR) is 473 cm³/mol. The van der Waals surface area contributed by atoms with Crippen LogP contribution in [0, 0.1) is 13.8 Å². The molecule has 0 bridgehead atoms. The van der Waals surface area contributed by atoms with Crippen LogP contribution in [0.5, 0.6) is 0 Å². The smallest absolute Gasteiger partial charge is 0.109 e. The summed E-state index contributed by atoms with van der Waals surface area (Å²) in [6.45, 7) is 12.0. The molecule has 4 aliphatic heterocycles. The van der Waals surface area contributed by atoms with E-state index in [9.17, 15) is 81.7 Å². The summed E-state index contributed by atoms with van der Waals surface area (Å²) in [6.07, 6.45) is -2.26. The van der Waals surface area contributed by atoms with Crippen LogP contribution in [0.25, 0.3) is 44.5 Å². The average Bonchev–Trinajstić information content (AvgIpc) is 0.823. The summed E-state index contributed by atoms with van der Waals surface area (Å²) in [4.78, 5) is 7.44. The first-order chi connectivity index (χ1) is 59.2. The van der Waals surface area contributed by atoms with Crippen LogP contribution in [-0.4, -0.2) is 304 Å². The lowest BCUT2D eigenvalue weighted by Crippen LogP contribution is -2.62. The summed E-state index contributed by atoms with van der Waals surface area (Å²) in [7, 11) is 0. The minimum atomic E-state index is -1.20. The standard InChI is InChI=1S/2C25H35NO5.2C24H33NO5/c2*1-18-14-20(19-8-4-2-5-9-19)10-11-21(18)17-31-13-7-3-6-12-26-15-23(28)25(30)24(29)22(26)16-27;2*26-16-21-23(28)24(29)22(27)15-25(21)13-5-2-6-14-30-17-18-9-11-20(12-10-18)19-7-3-1-4-8-19/h2*2,4-5,8-11,14,22-25,27-30H,3,6-7,12-13,15-17H2,1H3;2*1,3-4,7-12,21-24,26-29H,2,5-6,13-17H2/t22-,23+,24-,25-;22-,23-,24+,25+;21-,22+,23-,24-;21-,22-,23+,24+/m1010/s1. The first-order valence-corrected chi connectivity index (χ1v) is 43.7. The Balaban J connectivity index is 0.000000185. The van der Waals surface area contributed by atoms with Crippen molar-refractivity contribution in [3.8, 4) is 44.5 Å². The second-order valence-corrected chi connectivity index (χ2v) is 32.8. The zero-order chi connectivity index (χ0) is 87.1. The summed E-state index contributed by atoms with van der Waals surface area (Å²) >= 11 is 0. The third kappa shape index (κ3) is 30.6. The number of aliphatic hydroxyl groups is 16. The third-order valence-electron chi connectivity index (χ3n) is 23.9. The number of β-amino-alcohol motifs (C(OH)–C–C–N with tert-alkyl or cyclic N) is 4. The molecule has 4 aliphatic rings. The number of piperidine rings is 4. The van der Waals surface area contributed by atoms with Crippen LogP contribution in [-0.2, 0) is 45.4 Å². The van der Waals surface area contributed by atoms with Gasteiger partial charge in [0.1, 0.15) is 48.8 Å². The zero-order valence-electron chi connectivity index (χ0n) is 71.1. The summed E-state index contributed by atoms with van der Waals surface area (Å²) in [6, 6.07) is 68.9. The number of benzene rings is 8. The van der Waals surface area contributed by atoms with Crippen molar-refractivity contribution in [1.82, 2.24) is 19.6 Å². The Labute approximate surface area is 720 Å². The van der Waals surface area contributed by atoms with Crippen molar-refractivity contribution < 1.29 is 101 Å². The summed E-state index contributed by atoms with van der Waals surface area (Å²) in [5, 5.41) is 157. The highest BCUT2D eigenvalue weighted by Crippen LogP contribution is 2.29. The van der Waals surface area contributed by atoms with E-state index in [1.165, 1.54) is 66.8 Å². The second-order valence-electron chi connectivity index (χ2n) is 32.8. The van der Waals surface area contributed by atoms with Gasteiger partial charge in [0.2, 0.25) is 0 Å². The van der Waals surface area contributed by atoms with E-state index in [1.54, 1.807) is 0 Å². The SMILES string of the molecule is Cc1cc(-c2ccccc2)ccc1COCCCCCN1C[C@H](O)[C@@H](O)[C@H](O)[C@@H]1CO.Cc1cc(-c2ccccc2)ccc1COCCCCCN1C[C@H](O)[C@@H](O)[C@H](O)[C@H]1CO.OC[C@@H]1[C@@H](O)[C@H](O)[C@@H](O)CN1CCCCCOCc1ccc(-c2ccccc2)cc1.OC[C@H]1[C@@H](O)[C@H](O)[C@@H](O)CN1CCCCCOCc1ccc(-c2ccccc2)cc1. The van der Waals surface area contributed by atoms with Crippen LogP contribution in [0.15, 0.2) is 206 Å². The molecule has 16 atom stereocenters. The zero-order valence-corrected chi connectivity index (χ0v) is 71.1. The van der Waals surface area contributed by atoms with Crippen molar-refractivity contribution in [3.63, 3.8) is 0 Å². The number of hydrogen-bond donors (Lipinski definition) is 16. The van der Waals surface area contributed by atoms with Crippen LogP contribution in [0.4, 0.5) is 0 Å². The maximum atomic E-state index is 10.0. The maximum absolute atomic E-state index is 10.0. The van der Waals surface area contributed by atoms with E-state index in [2.05, 4.69) is 147 Å². The third-order valence-corrected chi connectivity index (χ3v) is 23.9. The number of aryl methyl sites for hydroxylation is 2. The minimum absolute atomic E-state index is 0.239. The maximum Gasteiger partial charge on any atom is 0.109 e. The Morgan fingerprint density at radius 2 is 0.467 bits per heavy atom. The van der Waals surface area contributed by atoms with E-state index >= 15 is 0 Å². The van der Waals surface area contributed by atoms with Gasteiger partial charge in [-0.25, -0.2) is 0 Å². The number of nitrogens with zero attached hydrogens (tertiary/aromatic N) is 4. The highest BCUT2D eigenvalue weighted by atomic mass is 16.5. The van der Waals surface area contributed by atoms with Gasteiger partial charge in [0.15, 0.2) is 0 Å². The van der Waals surface area contributed by atoms with Gasteiger partial charge in [-0.1, -0.05) is 206 Å². The second kappa shape index (κ2) is 53.3. The molecular formula is C98H136N4O20. The molecule has 0 radical (unpaired) electrons. The molecule has 8 aromatic rings. The molecule has 0 aliphatic carbocycles. The van der Waals surface area contributed by atoms with Crippen molar-refractivity contribution in [2.45, 2.75) is 215 Å². The molecule has 0 saturated carbocycles. The quantitative estimate of drug-likeness (QED) is 0.0163. The van der Waals surface area contributed by atoms with Crippen LogP contribution >= 0.6 is 0 Å². The van der Waals surface area contributed by atoms with E-state index in [1.807, 2.05) is 92.4 Å². The molecule has 4 fully saturated rings. The van der Waals surface area contributed by atoms with Gasteiger partial charge in [-0.2, -0.15) is 0 Å². The van der Waals surface area contributed by atoms with Crippen molar-refractivity contribution >= 4 is 0 Å². The van der Waals surface area contributed by atoms with E-state index in [0.29, 0.717) is 79.0 Å². The van der Waals surface area contributed by atoms with Gasteiger partial charge < -0.3 is 101 Å². The molecule has 668 valence electrons. The van der Waals surface area contributed by atoms with E-state index in [-0.39, 0.29) is 52.6 Å². The molecule has 0 unspecified atom stereocenters. The molecule has 12 rings (SSSR count). The van der Waals surface area contributed by atoms with E-state index in [0.717, 1.165) is 88.2 Å². The lowest BCUT2D eigenvalue weighted by molar-refractivity contribution is -0.145. The van der Waals surface area contributed by atoms with E-state index < -0.39 is 97.4 Å². The molecule has 122 heavy (non-hydrogen) atoms. The molecule has 0 aromatic heterocycles. The Morgan fingerprint density at radius 3 is 0.705 bits per heavy atom. The summed E-state index contributed by atoms with van der Waals surface area (Å²) in [5.41, 5.74) is 16.8. The number of aliphatic hydroxyl groups excluding tert-OH is 16. The van der Waals surface area contributed by atoms with Crippen molar-refractivity contribution in [3.05, 3.63) is 240 Å². The summed E-state index contributed by atoms with van der Waals surface area (Å²) < 4.78 is 23.3. The van der Waals surface area contributed by atoms with Gasteiger partial charge in [-0.05, 0) is 195 Å². The fourth-order valence-corrected chi connectivity index (χ4v) is 16.3. The normalized spacial score (nSPS) is 24.6. The van der Waals surface area contributed by atoms with Crippen LogP contribution in [0.1, 0.15) is 110 Å². The molecule has 24 nitrogen and oxygen atoms in total. The largest absolute Gasteiger partial charge is 0.395 e. The van der Waals surface area contributed by atoms with Crippen molar-refractivity contribution in [1.29, 1.82) is 0 Å². The Kier molecular flexibility index (Phi) is 43.1. The lowest BCUT2D eigenvalue weighted by Gasteiger charge is -2.43. The first kappa shape index (κ1) is 98.6. The average molecular weight is 1690 g/mol. The fourth-order valence-electron chi connectivity index (χ4n) is 16.3. The van der Waals surface area contributed by atoms with Crippen LogP contribution in [0.2, 0.25) is 0 Å². The van der Waals surface area contributed by atoms with Gasteiger partial charge in [-0.15, -0.1) is 0 Å². The molecule has 16 N–H and O–H groups in total. The highest BCUT2D eigenvalue weighted by Gasteiger charge is 2.44. The monoisotopic (exact) mass is 1690 g/mol. The first-order valence-electron chi connectivity index (χ1n) is 43.7. The Morgan fingerprint density at radius 1 is 0.246 bits per heavy atom. The fraction of sp³-hybridized carbons (Fsp3) is 0.510. The molecule has 0 spiro atoms. The molecular weight excluding hydrogens is 1550 g/mol. The topological polar surface area (TPSA) is 374 Å². The Hall–Kier alpha value is -7.20. The van der Waals surface area contributed by atoms with Gasteiger partial charge in [0.05, 0.1) is 101 Å². The van der Waals surface area contributed by atoms with Gasteiger partial charge >= 0.3 is 0 Å². The Bertz CT molecular complexity index is 3870. The number of ether oxygens (including phenoxy) is 4. The molecule has 4 saturated heterocycles. The number of likely N-dealkylation sites (tertiary alicyclic amines) is 4. The van der Waals surface area contributed by atoms with Gasteiger partial charge in [0, 0.05) is 52.6 Å². The number of hydrogen-bond acceptors (Lipinski definition) is 24. The van der Waals surface area contributed by atoms with Crippen LogP contribution in [0.3, 0.4) is 0 Å². The number of unbranched alkanes of at least 4 members (excludes halogenated alkanes) is 8. The van der Waals surface area contributed by atoms with Crippen molar-refractivity contribution in [2.24, 2.45) is 0 Å².